The Morgan fingerprint density at radius 3 is 2.48 bits per heavy atom. The summed E-state index contributed by atoms with van der Waals surface area (Å²) in [6.07, 6.45) is 7.90. The second-order valence-electron chi connectivity index (χ2n) is 5.99. The molecular formula is C17H23Cl3N2S. The Morgan fingerprint density at radius 2 is 1.78 bits per heavy atom. The molecule has 2 aliphatic rings. The molecule has 3 rings (SSSR count). The Balaban J connectivity index is 0.00000192. The van der Waals surface area contributed by atoms with Crippen LogP contribution in [-0.4, -0.2) is 29.2 Å². The molecule has 0 spiro atoms. The van der Waals surface area contributed by atoms with Crippen molar-refractivity contribution in [3.63, 3.8) is 0 Å². The molecule has 23 heavy (non-hydrogen) atoms. The zero-order valence-corrected chi connectivity index (χ0v) is 16.3. The Morgan fingerprint density at radius 1 is 1.09 bits per heavy atom. The van der Waals surface area contributed by atoms with Gasteiger partial charge in [-0.2, -0.15) is 0 Å². The number of aliphatic imine (C=N–C) groups is 1. The first-order valence-corrected chi connectivity index (χ1v) is 9.86. The van der Waals surface area contributed by atoms with Gasteiger partial charge in [-0.15, -0.1) is 12.4 Å². The van der Waals surface area contributed by atoms with E-state index in [1.165, 1.54) is 43.7 Å². The van der Waals surface area contributed by atoms with E-state index in [2.05, 4.69) is 4.90 Å². The van der Waals surface area contributed by atoms with Crippen molar-refractivity contribution in [1.82, 2.24) is 4.90 Å². The second-order valence-corrected chi connectivity index (χ2v) is 7.75. The minimum absolute atomic E-state index is 0. The van der Waals surface area contributed by atoms with Crippen LogP contribution in [0.15, 0.2) is 23.2 Å². The lowest BCUT2D eigenvalue weighted by Gasteiger charge is -2.38. The van der Waals surface area contributed by atoms with Gasteiger partial charge in [-0.1, -0.05) is 60.3 Å². The van der Waals surface area contributed by atoms with Gasteiger partial charge in [0.05, 0.1) is 0 Å². The van der Waals surface area contributed by atoms with Gasteiger partial charge in [0.25, 0.3) is 0 Å². The van der Waals surface area contributed by atoms with E-state index in [9.17, 15) is 0 Å². The van der Waals surface area contributed by atoms with Gasteiger partial charge in [0.15, 0.2) is 5.17 Å². The average Bonchev–Trinajstić information content (AvgIpc) is 2.56. The maximum absolute atomic E-state index is 6.28. The van der Waals surface area contributed by atoms with Crippen LogP contribution in [0.3, 0.4) is 0 Å². The fraction of sp³-hybridized carbons (Fsp3) is 0.588. The lowest BCUT2D eigenvalue weighted by atomic mass is 9.94. The summed E-state index contributed by atoms with van der Waals surface area (Å²) in [5, 5.41) is 2.69. The number of hydrogen-bond donors (Lipinski definition) is 0. The van der Waals surface area contributed by atoms with Crippen molar-refractivity contribution < 1.29 is 0 Å². The van der Waals surface area contributed by atoms with E-state index >= 15 is 0 Å². The number of hydrogen-bond acceptors (Lipinski definition) is 3. The number of rotatable bonds is 3. The highest BCUT2D eigenvalue weighted by Crippen LogP contribution is 2.32. The van der Waals surface area contributed by atoms with Crippen LogP contribution in [0.2, 0.25) is 10.0 Å². The van der Waals surface area contributed by atoms with Crippen molar-refractivity contribution in [2.45, 2.75) is 50.3 Å². The highest BCUT2D eigenvalue weighted by atomic mass is 35.5. The first-order chi connectivity index (χ1) is 10.8. The number of halogens is 3. The second kappa shape index (κ2) is 9.41. The van der Waals surface area contributed by atoms with Crippen LogP contribution in [0, 0.1) is 0 Å². The van der Waals surface area contributed by atoms with Crippen molar-refractivity contribution >= 4 is 52.5 Å². The predicted molar refractivity (Wildman–Crippen MR) is 106 cm³/mol. The standard InChI is InChI=1S/C17H22Cl2N2S.ClH/c18-15-8-4-9-16(19)14(15)12-22-17-20-10-5-11-21(17)13-6-2-1-3-7-13;/h4,8-9,13H,1-3,5-7,10-12H2;1H. The minimum atomic E-state index is 0. The predicted octanol–water partition coefficient (Wildman–Crippen LogP) is 6.04. The summed E-state index contributed by atoms with van der Waals surface area (Å²) in [4.78, 5) is 7.32. The van der Waals surface area contributed by atoms with Crippen LogP contribution in [0.5, 0.6) is 0 Å². The molecule has 0 bridgehead atoms. The monoisotopic (exact) mass is 392 g/mol. The molecule has 1 aliphatic heterocycles. The van der Waals surface area contributed by atoms with Crippen LogP contribution in [0.1, 0.15) is 44.1 Å². The molecule has 2 nitrogen and oxygen atoms in total. The van der Waals surface area contributed by atoms with Gasteiger partial charge in [0.1, 0.15) is 0 Å². The Kier molecular flexibility index (Phi) is 7.87. The molecule has 0 unspecified atom stereocenters. The van der Waals surface area contributed by atoms with Gasteiger partial charge < -0.3 is 4.90 Å². The molecule has 0 aromatic heterocycles. The third-order valence-corrected chi connectivity index (χ3v) is 6.24. The Bertz CT molecular complexity index is 524. The van der Waals surface area contributed by atoms with Gasteiger partial charge >= 0.3 is 0 Å². The lowest BCUT2D eigenvalue weighted by Crippen LogP contribution is -2.43. The maximum Gasteiger partial charge on any atom is 0.159 e. The van der Waals surface area contributed by atoms with Crippen molar-refractivity contribution in [1.29, 1.82) is 0 Å². The molecule has 0 atom stereocenters. The van der Waals surface area contributed by atoms with E-state index in [0.717, 1.165) is 34.5 Å². The molecule has 0 saturated heterocycles. The van der Waals surface area contributed by atoms with Crippen LogP contribution < -0.4 is 0 Å². The SMILES string of the molecule is Cl.Clc1cccc(Cl)c1CSC1=NCCCN1C1CCCCC1. The number of benzene rings is 1. The molecule has 1 saturated carbocycles. The first-order valence-electron chi connectivity index (χ1n) is 8.12. The third kappa shape index (κ3) is 4.94. The highest BCUT2D eigenvalue weighted by molar-refractivity contribution is 8.13. The quantitative estimate of drug-likeness (QED) is 0.621. The molecule has 128 valence electrons. The fourth-order valence-electron chi connectivity index (χ4n) is 3.27. The molecule has 6 heteroatoms. The van der Waals surface area contributed by atoms with Crippen molar-refractivity contribution in [2.24, 2.45) is 4.99 Å². The smallest absolute Gasteiger partial charge is 0.159 e. The third-order valence-electron chi connectivity index (χ3n) is 4.47. The topological polar surface area (TPSA) is 15.6 Å². The summed E-state index contributed by atoms with van der Waals surface area (Å²) >= 11 is 14.3. The molecular weight excluding hydrogens is 371 g/mol. The molecule has 1 heterocycles. The summed E-state index contributed by atoms with van der Waals surface area (Å²) < 4.78 is 0. The van der Waals surface area contributed by atoms with E-state index in [1.807, 2.05) is 18.2 Å². The van der Waals surface area contributed by atoms with Crippen LogP contribution in [0.4, 0.5) is 0 Å². The summed E-state index contributed by atoms with van der Waals surface area (Å²) in [6.45, 7) is 2.09. The van der Waals surface area contributed by atoms with Crippen molar-refractivity contribution in [2.75, 3.05) is 13.1 Å². The van der Waals surface area contributed by atoms with Gasteiger partial charge in [-0.05, 0) is 37.0 Å². The van der Waals surface area contributed by atoms with E-state index < -0.39 is 0 Å². The molecule has 0 amide bonds. The zero-order valence-electron chi connectivity index (χ0n) is 13.1. The van der Waals surface area contributed by atoms with E-state index in [0.29, 0.717) is 6.04 Å². The van der Waals surface area contributed by atoms with Gasteiger partial charge in [0.2, 0.25) is 0 Å². The molecule has 1 aromatic rings. The number of amidine groups is 1. The summed E-state index contributed by atoms with van der Waals surface area (Å²) in [6, 6.07) is 6.39. The van der Waals surface area contributed by atoms with Gasteiger partial charge in [-0.25, -0.2) is 0 Å². The Hall–Kier alpha value is -0.0900. The molecule has 1 fully saturated rings. The van der Waals surface area contributed by atoms with Crippen molar-refractivity contribution in [3.05, 3.63) is 33.8 Å². The minimum Gasteiger partial charge on any atom is -0.348 e. The molecule has 0 N–H and O–H groups in total. The molecule has 1 aliphatic carbocycles. The molecule has 0 radical (unpaired) electrons. The Labute approximate surface area is 159 Å². The summed E-state index contributed by atoms with van der Waals surface area (Å²) in [7, 11) is 0. The maximum atomic E-state index is 6.28. The average molecular weight is 394 g/mol. The zero-order chi connectivity index (χ0) is 15.4. The number of nitrogens with zero attached hydrogens (tertiary/aromatic N) is 2. The van der Waals surface area contributed by atoms with E-state index in [-0.39, 0.29) is 12.4 Å². The van der Waals surface area contributed by atoms with E-state index in [1.54, 1.807) is 11.8 Å². The first kappa shape index (κ1) is 19.2. The largest absolute Gasteiger partial charge is 0.348 e. The fourth-order valence-corrected chi connectivity index (χ4v) is 5.13. The normalized spacial score (nSPS) is 19.2. The van der Waals surface area contributed by atoms with Crippen molar-refractivity contribution in [3.8, 4) is 0 Å². The molecule has 1 aromatic carbocycles. The highest BCUT2D eigenvalue weighted by Gasteiger charge is 2.26. The van der Waals surface area contributed by atoms with Crippen LogP contribution >= 0.6 is 47.4 Å². The van der Waals surface area contributed by atoms with Crippen LogP contribution in [0.25, 0.3) is 0 Å². The number of thioether (sulfide) groups is 1. The lowest BCUT2D eigenvalue weighted by molar-refractivity contribution is 0.239. The van der Waals surface area contributed by atoms with E-state index in [4.69, 9.17) is 28.2 Å². The van der Waals surface area contributed by atoms with Crippen LogP contribution in [-0.2, 0) is 5.75 Å². The van der Waals surface area contributed by atoms with Gasteiger partial charge in [-0.3, -0.25) is 4.99 Å². The summed E-state index contributed by atoms with van der Waals surface area (Å²) in [5.74, 6) is 0.792. The summed E-state index contributed by atoms with van der Waals surface area (Å²) in [5.41, 5.74) is 1.02. The van der Waals surface area contributed by atoms with Gasteiger partial charge in [0, 0.05) is 34.9 Å².